The molecule has 0 saturated heterocycles. The van der Waals surface area contributed by atoms with Gasteiger partial charge in [0.05, 0.1) is 21.7 Å². The first kappa shape index (κ1) is 13.5. The molecule has 18 heavy (non-hydrogen) atoms. The molecule has 1 unspecified atom stereocenters. The molecule has 0 aliphatic carbocycles. The molecular weight excluding hydrogens is 273 g/mol. The second kappa shape index (κ2) is 5.34. The summed E-state index contributed by atoms with van der Waals surface area (Å²) in [5.74, 6) is -0.372. The molecule has 1 aromatic carbocycles. The van der Waals surface area contributed by atoms with E-state index in [-0.39, 0.29) is 5.82 Å². The summed E-state index contributed by atoms with van der Waals surface area (Å²) < 4.78 is 12.9. The molecule has 5 heteroatoms. The number of thiazole rings is 1. The Morgan fingerprint density at radius 1 is 1.44 bits per heavy atom. The molecule has 0 spiro atoms. The summed E-state index contributed by atoms with van der Waals surface area (Å²) in [6.07, 6.45) is -0.291. The van der Waals surface area contributed by atoms with E-state index >= 15 is 0 Å². The fourth-order valence-electron chi connectivity index (χ4n) is 1.84. The predicted molar refractivity (Wildman–Crippen MR) is 71.7 cm³/mol. The Balaban J connectivity index is 2.21. The van der Waals surface area contributed by atoms with Crippen LogP contribution in [0, 0.1) is 19.7 Å². The van der Waals surface area contributed by atoms with Gasteiger partial charge in [0.25, 0.3) is 0 Å². The van der Waals surface area contributed by atoms with Gasteiger partial charge in [-0.05, 0) is 31.5 Å². The molecule has 1 N–H and O–H groups in total. The van der Waals surface area contributed by atoms with Gasteiger partial charge in [0.2, 0.25) is 0 Å². The average Bonchev–Trinajstić information content (AvgIpc) is 2.62. The Bertz CT molecular complexity index is 570. The van der Waals surface area contributed by atoms with Crippen LogP contribution < -0.4 is 0 Å². The highest BCUT2D eigenvalue weighted by atomic mass is 35.5. The van der Waals surface area contributed by atoms with E-state index in [0.29, 0.717) is 11.4 Å². The zero-order chi connectivity index (χ0) is 13.3. The van der Waals surface area contributed by atoms with Crippen LogP contribution >= 0.6 is 22.9 Å². The van der Waals surface area contributed by atoms with Crippen molar-refractivity contribution in [3.8, 4) is 0 Å². The van der Waals surface area contributed by atoms with Gasteiger partial charge >= 0.3 is 0 Å². The second-order valence-corrected chi connectivity index (χ2v) is 5.78. The molecule has 0 amide bonds. The average molecular weight is 286 g/mol. The van der Waals surface area contributed by atoms with Gasteiger partial charge in [0, 0.05) is 11.4 Å². The lowest BCUT2D eigenvalue weighted by atomic mass is 10.1. The van der Waals surface area contributed by atoms with Crippen LogP contribution in [0.3, 0.4) is 0 Å². The molecule has 0 radical (unpaired) electrons. The van der Waals surface area contributed by atoms with E-state index in [2.05, 4.69) is 4.98 Å². The van der Waals surface area contributed by atoms with E-state index in [1.54, 1.807) is 6.07 Å². The Labute approximate surface area is 114 Å². The van der Waals surface area contributed by atoms with Crippen molar-refractivity contribution in [2.45, 2.75) is 26.4 Å². The Morgan fingerprint density at radius 2 is 2.17 bits per heavy atom. The Hall–Kier alpha value is -0.970. The minimum absolute atomic E-state index is 0.341. The number of hydrogen-bond donors (Lipinski definition) is 1. The zero-order valence-corrected chi connectivity index (χ0v) is 11.6. The number of hydrogen-bond acceptors (Lipinski definition) is 3. The van der Waals surface area contributed by atoms with Crippen molar-refractivity contribution in [1.82, 2.24) is 4.98 Å². The number of aromatic nitrogens is 1. The molecule has 1 heterocycles. The van der Waals surface area contributed by atoms with Crippen molar-refractivity contribution in [3.63, 3.8) is 0 Å². The zero-order valence-electron chi connectivity index (χ0n) is 10.1. The summed E-state index contributed by atoms with van der Waals surface area (Å²) >= 11 is 7.42. The van der Waals surface area contributed by atoms with E-state index < -0.39 is 6.10 Å². The highest BCUT2D eigenvalue weighted by molar-refractivity contribution is 7.11. The quantitative estimate of drug-likeness (QED) is 0.930. The van der Waals surface area contributed by atoms with Gasteiger partial charge in [-0.1, -0.05) is 17.7 Å². The van der Waals surface area contributed by atoms with Gasteiger partial charge in [-0.3, -0.25) is 0 Å². The van der Waals surface area contributed by atoms with Crippen LogP contribution in [0.5, 0.6) is 0 Å². The van der Waals surface area contributed by atoms with Crippen molar-refractivity contribution in [2.75, 3.05) is 0 Å². The van der Waals surface area contributed by atoms with E-state index in [1.807, 2.05) is 13.8 Å². The number of aliphatic hydroxyl groups excluding tert-OH is 1. The topological polar surface area (TPSA) is 33.1 Å². The van der Waals surface area contributed by atoms with Crippen LogP contribution in [0.25, 0.3) is 0 Å². The standard InChI is InChI=1S/C13H13ClFNOS/c1-7-13(18-8(2)16-7)12(17)5-9-3-4-10(15)6-11(9)14/h3-4,6,12,17H,5H2,1-2H3. The first-order valence-corrected chi connectivity index (χ1v) is 6.72. The minimum Gasteiger partial charge on any atom is -0.387 e. The molecule has 0 aliphatic rings. The smallest absolute Gasteiger partial charge is 0.124 e. The fraction of sp³-hybridized carbons (Fsp3) is 0.308. The van der Waals surface area contributed by atoms with Crippen molar-refractivity contribution in [3.05, 3.63) is 50.2 Å². The molecule has 0 saturated carbocycles. The minimum atomic E-state index is -0.654. The lowest BCUT2D eigenvalue weighted by molar-refractivity contribution is 0.181. The van der Waals surface area contributed by atoms with Gasteiger partial charge in [-0.15, -0.1) is 11.3 Å². The number of aryl methyl sites for hydroxylation is 2. The number of benzene rings is 1. The summed E-state index contributed by atoms with van der Waals surface area (Å²) in [6, 6.07) is 4.21. The lowest BCUT2D eigenvalue weighted by Gasteiger charge is -2.10. The third kappa shape index (κ3) is 2.88. The van der Waals surface area contributed by atoms with Crippen LogP contribution in [0.15, 0.2) is 18.2 Å². The van der Waals surface area contributed by atoms with E-state index in [1.165, 1.54) is 23.5 Å². The van der Waals surface area contributed by atoms with E-state index in [0.717, 1.165) is 21.1 Å². The summed E-state index contributed by atoms with van der Waals surface area (Å²) in [5, 5.41) is 11.4. The molecular formula is C13H13ClFNOS. The van der Waals surface area contributed by atoms with Crippen LogP contribution in [0.1, 0.15) is 27.2 Å². The molecule has 2 rings (SSSR count). The normalized spacial score (nSPS) is 12.7. The SMILES string of the molecule is Cc1nc(C)c(C(O)Cc2ccc(F)cc2Cl)s1. The van der Waals surface area contributed by atoms with Crippen molar-refractivity contribution in [1.29, 1.82) is 0 Å². The maximum Gasteiger partial charge on any atom is 0.124 e. The summed E-state index contributed by atoms with van der Waals surface area (Å²) in [4.78, 5) is 5.12. The van der Waals surface area contributed by atoms with E-state index in [9.17, 15) is 9.50 Å². The monoisotopic (exact) mass is 285 g/mol. The fourth-order valence-corrected chi connectivity index (χ4v) is 3.00. The second-order valence-electron chi connectivity index (χ2n) is 4.14. The van der Waals surface area contributed by atoms with Crippen LogP contribution in [-0.4, -0.2) is 10.1 Å². The van der Waals surface area contributed by atoms with Gasteiger partial charge in [-0.25, -0.2) is 9.37 Å². The van der Waals surface area contributed by atoms with Crippen LogP contribution in [0.4, 0.5) is 4.39 Å². The van der Waals surface area contributed by atoms with Gasteiger partial charge in [-0.2, -0.15) is 0 Å². The van der Waals surface area contributed by atoms with Crippen molar-refractivity contribution < 1.29 is 9.50 Å². The summed E-state index contributed by atoms with van der Waals surface area (Å²) in [6.45, 7) is 3.77. The molecule has 96 valence electrons. The number of halogens is 2. The molecule has 2 aromatic rings. The van der Waals surface area contributed by atoms with Gasteiger partial charge < -0.3 is 5.11 Å². The lowest BCUT2D eigenvalue weighted by Crippen LogP contribution is -2.02. The molecule has 0 bridgehead atoms. The molecule has 1 atom stereocenters. The van der Waals surface area contributed by atoms with Crippen molar-refractivity contribution in [2.24, 2.45) is 0 Å². The number of rotatable bonds is 3. The number of nitrogens with zero attached hydrogens (tertiary/aromatic N) is 1. The predicted octanol–water partition coefficient (Wildman–Crippen LogP) is 3.83. The Kier molecular flexibility index (Phi) is 4.00. The largest absolute Gasteiger partial charge is 0.387 e. The van der Waals surface area contributed by atoms with Gasteiger partial charge in [0.1, 0.15) is 5.82 Å². The highest BCUT2D eigenvalue weighted by Crippen LogP contribution is 2.29. The molecule has 2 nitrogen and oxygen atoms in total. The molecule has 0 fully saturated rings. The number of aliphatic hydroxyl groups is 1. The summed E-state index contributed by atoms with van der Waals surface area (Å²) in [7, 11) is 0. The summed E-state index contributed by atoms with van der Waals surface area (Å²) in [5.41, 5.74) is 1.57. The first-order valence-electron chi connectivity index (χ1n) is 5.53. The van der Waals surface area contributed by atoms with Crippen molar-refractivity contribution >= 4 is 22.9 Å². The maximum atomic E-state index is 12.9. The van der Waals surface area contributed by atoms with Crippen LogP contribution in [-0.2, 0) is 6.42 Å². The Morgan fingerprint density at radius 3 is 2.72 bits per heavy atom. The first-order chi connectivity index (χ1) is 8.47. The molecule has 0 aliphatic heterocycles. The highest BCUT2D eigenvalue weighted by Gasteiger charge is 2.16. The maximum absolute atomic E-state index is 12.9. The third-order valence-electron chi connectivity index (χ3n) is 2.67. The van der Waals surface area contributed by atoms with Gasteiger partial charge in [0.15, 0.2) is 0 Å². The molecule has 1 aromatic heterocycles. The third-order valence-corrected chi connectivity index (χ3v) is 4.20. The van der Waals surface area contributed by atoms with E-state index in [4.69, 9.17) is 11.6 Å². The van der Waals surface area contributed by atoms with Crippen LogP contribution in [0.2, 0.25) is 5.02 Å².